The molecule has 0 aliphatic carbocycles. The largest absolute Gasteiger partial charge is 0.354 e. The summed E-state index contributed by atoms with van der Waals surface area (Å²) in [6, 6.07) is 11.9. The minimum absolute atomic E-state index is 0.246. The van der Waals surface area contributed by atoms with Crippen LogP contribution in [0.4, 0.5) is 5.82 Å². The van der Waals surface area contributed by atoms with Crippen LogP contribution in [0.25, 0.3) is 16.8 Å². The van der Waals surface area contributed by atoms with Crippen molar-refractivity contribution in [2.24, 2.45) is 0 Å². The molecular weight excluding hydrogens is 304 g/mol. The number of nitrogens with one attached hydrogen (secondary N) is 2. The topological polar surface area (TPSA) is 78.8 Å². The van der Waals surface area contributed by atoms with Crippen LogP contribution in [0.15, 0.2) is 53.7 Å². The lowest BCUT2D eigenvalue weighted by Crippen LogP contribution is -2.43. The SMILES string of the molecule is O=c1[nH]ncn1-c1ccc(-c2ccc(N3CCNCC3)nc2)cc1. The highest BCUT2D eigenvalue weighted by atomic mass is 16.1. The standard InChI is InChI=1S/C17H18N6O/c24-17-21-20-12-23(17)15-4-1-13(2-5-15)14-3-6-16(19-11-14)22-9-7-18-8-10-22/h1-6,11-12,18H,7-10H2,(H,21,24). The third-order valence-corrected chi connectivity index (χ3v) is 4.22. The van der Waals surface area contributed by atoms with Crippen molar-refractivity contribution in [3.63, 3.8) is 0 Å². The lowest BCUT2D eigenvalue weighted by molar-refractivity contribution is 0.585. The van der Waals surface area contributed by atoms with Crippen LogP contribution in [-0.2, 0) is 0 Å². The molecule has 3 heterocycles. The summed E-state index contributed by atoms with van der Waals surface area (Å²) in [7, 11) is 0. The second-order valence-corrected chi connectivity index (χ2v) is 5.72. The van der Waals surface area contributed by atoms with Gasteiger partial charge in [-0.1, -0.05) is 12.1 Å². The van der Waals surface area contributed by atoms with Gasteiger partial charge in [-0.25, -0.2) is 19.4 Å². The van der Waals surface area contributed by atoms with Crippen molar-refractivity contribution >= 4 is 5.82 Å². The zero-order chi connectivity index (χ0) is 16.4. The average Bonchev–Trinajstić information content (AvgIpc) is 3.09. The Kier molecular flexibility index (Phi) is 3.84. The van der Waals surface area contributed by atoms with Gasteiger partial charge in [-0.3, -0.25) is 0 Å². The number of nitrogens with zero attached hydrogens (tertiary/aromatic N) is 4. The molecule has 1 aliphatic rings. The number of rotatable bonds is 3. The summed E-state index contributed by atoms with van der Waals surface area (Å²) in [5, 5.41) is 9.47. The van der Waals surface area contributed by atoms with Gasteiger partial charge in [0.1, 0.15) is 12.1 Å². The van der Waals surface area contributed by atoms with Gasteiger partial charge in [0.2, 0.25) is 0 Å². The number of aromatic amines is 1. The molecule has 1 saturated heterocycles. The van der Waals surface area contributed by atoms with Gasteiger partial charge in [0.05, 0.1) is 5.69 Å². The molecule has 1 fully saturated rings. The van der Waals surface area contributed by atoms with Crippen molar-refractivity contribution in [2.75, 3.05) is 31.1 Å². The summed E-state index contributed by atoms with van der Waals surface area (Å²) in [5.74, 6) is 1.02. The summed E-state index contributed by atoms with van der Waals surface area (Å²) >= 11 is 0. The zero-order valence-electron chi connectivity index (χ0n) is 13.1. The van der Waals surface area contributed by atoms with Gasteiger partial charge in [-0.05, 0) is 29.8 Å². The first kappa shape index (κ1) is 14.6. The van der Waals surface area contributed by atoms with Crippen LogP contribution in [0, 0.1) is 0 Å². The Morgan fingerprint density at radius 3 is 2.33 bits per heavy atom. The highest BCUT2D eigenvalue weighted by Crippen LogP contribution is 2.22. The van der Waals surface area contributed by atoms with Crippen LogP contribution >= 0.6 is 0 Å². The monoisotopic (exact) mass is 322 g/mol. The van der Waals surface area contributed by atoms with Crippen molar-refractivity contribution < 1.29 is 0 Å². The molecule has 1 aliphatic heterocycles. The maximum Gasteiger partial charge on any atom is 0.347 e. The first-order valence-electron chi connectivity index (χ1n) is 7.96. The number of piperazine rings is 1. The fraction of sp³-hybridized carbons (Fsp3) is 0.235. The maximum atomic E-state index is 11.6. The highest BCUT2D eigenvalue weighted by molar-refractivity contribution is 5.65. The van der Waals surface area contributed by atoms with Crippen LogP contribution in [-0.4, -0.2) is 45.9 Å². The van der Waals surface area contributed by atoms with Gasteiger partial charge in [-0.15, -0.1) is 0 Å². The Morgan fingerprint density at radius 1 is 0.958 bits per heavy atom. The molecule has 122 valence electrons. The van der Waals surface area contributed by atoms with Crippen LogP contribution in [0.5, 0.6) is 0 Å². The molecule has 0 atom stereocenters. The summed E-state index contributed by atoms with van der Waals surface area (Å²) in [5.41, 5.74) is 2.65. The molecule has 7 nitrogen and oxygen atoms in total. The van der Waals surface area contributed by atoms with Crippen LogP contribution < -0.4 is 15.9 Å². The Hall–Kier alpha value is -2.93. The van der Waals surface area contributed by atoms with E-state index in [2.05, 4.69) is 37.5 Å². The van der Waals surface area contributed by atoms with Crippen molar-refractivity contribution in [1.82, 2.24) is 25.1 Å². The smallest absolute Gasteiger partial charge is 0.347 e. The normalized spacial score (nSPS) is 14.8. The molecular formula is C17H18N6O. The van der Waals surface area contributed by atoms with Gasteiger partial charge in [0.15, 0.2) is 0 Å². The molecule has 0 saturated carbocycles. The third-order valence-electron chi connectivity index (χ3n) is 4.22. The number of anilines is 1. The number of hydrogen-bond acceptors (Lipinski definition) is 5. The Balaban J connectivity index is 1.55. The van der Waals surface area contributed by atoms with E-state index in [9.17, 15) is 4.79 Å². The molecule has 1 aromatic carbocycles. The van der Waals surface area contributed by atoms with Crippen molar-refractivity contribution in [3.05, 3.63) is 59.4 Å². The molecule has 4 rings (SSSR count). The van der Waals surface area contributed by atoms with Crippen molar-refractivity contribution in [2.45, 2.75) is 0 Å². The van der Waals surface area contributed by atoms with E-state index >= 15 is 0 Å². The first-order chi connectivity index (χ1) is 11.8. The van der Waals surface area contributed by atoms with E-state index < -0.39 is 0 Å². The van der Waals surface area contributed by atoms with Gasteiger partial charge < -0.3 is 10.2 Å². The van der Waals surface area contributed by atoms with E-state index in [0.717, 1.165) is 48.8 Å². The quantitative estimate of drug-likeness (QED) is 0.753. The predicted octanol–water partition coefficient (Wildman–Crippen LogP) is 1.03. The second kappa shape index (κ2) is 6.29. The second-order valence-electron chi connectivity index (χ2n) is 5.72. The average molecular weight is 322 g/mol. The Bertz CT molecular complexity index is 859. The number of benzene rings is 1. The Morgan fingerprint density at radius 2 is 1.71 bits per heavy atom. The minimum atomic E-state index is -0.246. The van der Waals surface area contributed by atoms with E-state index in [1.807, 2.05) is 30.5 Å². The molecule has 2 aromatic heterocycles. The van der Waals surface area contributed by atoms with Gasteiger partial charge >= 0.3 is 5.69 Å². The number of hydrogen-bond donors (Lipinski definition) is 2. The molecule has 2 N–H and O–H groups in total. The van der Waals surface area contributed by atoms with E-state index in [1.54, 1.807) is 0 Å². The number of H-pyrrole nitrogens is 1. The molecule has 7 heteroatoms. The lowest BCUT2D eigenvalue weighted by atomic mass is 10.1. The number of pyridine rings is 1. The summed E-state index contributed by atoms with van der Waals surface area (Å²) < 4.78 is 1.47. The van der Waals surface area contributed by atoms with Crippen molar-refractivity contribution in [1.29, 1.82) is 0 Å². The summed E-state index contributed by atoms with van der Waals surface area (Å²) in [6.45, 7) is 3.97. The van der Waals surface area contributed by atoms with E-state index in [-0.39, 0.29) is 5.69 Å². The zero-order valence-corrected chi connectivity index (χ0v) is 13.1. The first-order valence-corrected chi connectivity index (χ1v) is 7.96. The minimum Gasteiger partial charge on any atom is -0.354 e. The fourth-order valence-electron chi connectivity index (χ4n) is 2.88. The van der Waals surface area contributed by atoms with Crippen LogP contribution in [0.3, 0.4) is 0 Å². The number of aromatic nitrogens is 4. The molecule has 0 bridgehead atoms. The molecule has 3 aromatic rings. The third kappa shape index (κ3) is 2.81. The van der Waals surface area contributed by atoms with E-state index in [4.69, 9.17) is 0 Å². The molecule has 0 radical (unpaired) electrons. The molecule has 0 unspecified atom stereocenters. The van der Waals surface area contributed by atoms with Gasteiger partial charge in [0.25, 0.3) is 0 Å². The lowest BCUT2D eigenvalue weighted by Gasteiger charge is -2.28. The maximum absolute atomic E-state index is 11.6. The summed E-state index contributed by atoms with van der Waals surface area (Å²) in [4.78, 5) is 18.5. The molecule has 0 amide bonds. The fourth-order valence-corrected chi connectivity index (χ4v) is 2.88. The summed E-state index contributed by atoms with van der Waals surface area (Å²) in [6.07, 6.45) is 3.37. The predicted molar refractivity (Wildman–Crippen MR) is 92.5 cm³/mol. The van der Waals surface area contributed by atoms with Crippen molar-refractivity contribution in [3.8, 4) is 16.8 Å². The Labute approximate surface area is 139 Å². The van der Waals surface area contributed by atoms with Gasteiger partial charge in [0, 0.05) is 37.9 Å². The molecule has 0 spiro atoms. The van der Waals surface area contributed by atoms with E-state index in [1.165, 1.54) is 10.9 Å². The van der Waals surface area contributed by atoms with Crippen LogP contribution in [0.2, 0.25) is 0 Å². The van der Waals surface area contributed by atoms with E-state index in [0.29, 0.717) is 0 Å². The highest BCUT2D eigenvalue weighted by Gasteiger charge is 2.11. The van der Waals surface area contributed by atoms with Gasteiger partial charge in [-0.2, -0.15) is 5.10 Å². The molecule has 24 heavy (non-hydrogen) atoms. The van der Waals surface area contributed by atoms with Crippen LogP contribution in [0.1, 0.15) is 0 Å².